The lowest BCUT2D eigenvalue weighted by Crippen LogP contribution is -2.07. The molecule has 1 aromatic carbocycles. The summed E-state index contributed by atoms with van der Waals surface area (Å²) >= 11 is 11.5. The van der Waals surface area contributed by atoms with Crippen molar-refractivity contribution in [2.45, 2.75) is 6.42 Å². The van der Waals surface area contributed by atoms with Gasteiger partial charge in [0.25, 0.3) is 0 Å². The predicted octanol–water partition coefficient (Wildman–Crippen LogP) is 2.88. The lowest BCUT2D eigenvalue weighted by atomic mass is 10.3. The molecule has 0 atom stereocenters. The number of hydrogen-bond donors (Lipinski definition) is 2. The second kappa shape index (κ2) is 5.08. The standard InChI is InChI=1S/C9H9Cl2NO2/c10-7-2-1-6(5-8(7)11)12-4-3-9(13)14/h1-2,5,12H,3-4H2,(H,13,14). The summed E-state index contributed by atoms with van der Waals surface area (Å²) in [6.45, 7) is 0.368. The first-order valence-corrected chi connectivity index (χ1v) is 4.76. The van der Waals surface area contributed by atoms with Crippen LogP contribution in [0.5, 0.6) is 0 Å². The quantitative estimate of drug-likeness (QED) is 0.841. The monoisotopic (exact) mass is 233 g/mol. The molecule has 3 nitrogen and oxygen atoms in total. The minimum atomic E-state index is -0.836. The highest BCUT2D eigenvalue weighted by atomic mass is 35.5. The van der Waals surface area contributed by atoms with E-state index in [1.807, 2.05) is 0 Å². The van der Waals surface area contributed by atoms with Crippen molar-refractivity contribution in [2.24, 2.45) is 0 Å². The summed E-state index contributed by atoms with van der Waals surface area (Å²) in [5.74, 6) is -0.836. The second-order valence-corrected chi connectivity index (χ2v) is 3.51. The van der Waals surface area contributed by atoms with Crippen LogP contribution in [-0.2, 0) is 4.79 Å². The number of carbonyl (C=O) groups is 1. The average Bonchev–Trinajstić information content (AvgIpc) is 2.10. The Labute approximate surface area is 91.6 Å². The van der Waals surface area contributed by atoms with E-state index in [1.165, 1.54) is 0 Å². The molecule has 0 aliphatic carbocycles. The Morgan fingerprint density at radius 2 is 2.07 bits per heavy atom. The Bertz CT molecular complexity index is 342. The predicted molar refractivity (Wildman–Crippen MR) is 57.2 cm³/mol. The molecule has 5 heteroatoms. The van der Waals surface area contributed by atoms with Crippen LogP contribution in [0.1, 0.15) is 6.42 Å². The molecule has 0 fully saturated rings. The number of anilines is 1. The molecule has 1 rings (SSSR count). The molecule has 1 aromatic rings. The highest BCUT2D eigenvalue weighted by Crippen LogP contribution is 2.24. The van der Waals surface area contributed by atoms with Crippen molar-refractivity contribution in [1.29, 1.82) is 0 Å². The fraction of sp³-hybridized carbons (Fsp3) is 0.222. The summed E-state index contributed by atoms with van der Waals surface area (Å²) < 4.78 is 0. The van der Waals surface area contributed by atoms with E-state index in [-0.39, 0.29) is 6.42 Å². The fourth-order valence-corrected chi connectivity index (χ4v) is 1.22. The zero-order chi connectivity index (χ0) is 10.6. The lowest BCUT2D eigenvalue weighted by molar-refractivity contribution is -0.136. The van der Waals surface area contributed by atoms with Crippen LogP contribution in [0.3, 0.4) is 0 Å². The van der Waals surface area contributed by atoms with Crippen molar-refractivity contribution in [2.75, 3.05) is 11.9 Å². The van der Waals surface area contributed by atoms with Gasteiger partial charge in [-0.2, -0.15) is 0 Å². The normalized spacial score (nSPS) is 9.86. The first kappa shape index (κ1) is 11.1. The molecule has 0 amide bonds. The molecule has 0 saturated heterocycles. The summed E-state index contributed by atoms with van der Waals surface area (Å²) in [5.41, 5.74) is 0.764. The van der Waals surface area contributed by atoms with Crippen molar-refractivity contribution < 1.29 is 9.90 Å². The summed E-state index contributed by atoms with van der Waals surface area (Å²) in [4.78, 5) is 10.2. The lowest BCUT2D eigenvalue weighted by Gasteiger charge is -2.05. The van der Waals surface area contributed by atoms with E-state index in [9.17, 15) is 4.79 Å². The molecule has 0 radical (unpaired) electrons. The largest absolute Gasteiger partial charge is 0.481 e. The molecule has 0 heterocycles. The van der Waals surface area contributed by atoms with Crippen molar-refractivity contribution in [1.82, 2.24) is 0 Å². The van der Waals surface area contributed by atoms with Crippen molar-refractivity contribution >= 4 is 34.9 Å². The molecule has 0 saturated carbocycles. The first-order valence-electron chi connectivity index (χ1n) is 4.00. The van der Waals surface area contributed by atoms with E-state index in [0.29, 0.717) is 16.6 Å². The van der Waals surface area contributed by atoms with Gasteiger partial charge < -0.3 is 10.4 Å². The highest BCUT2D eigenvalue weighted by Gasteiger charge is 2.00. The van der Waals surface area contributed by atoms with Gasteiger partial charge in [0, 0.05) is 12.2 Å². The van der Waals surface area contributed by atoms with Crippen LogP contribution < -0.4 is 5.32 Å². The minimum Gasteiger partial charge on any atom is -0.481 e. The van der Waals surface area contributed by atoms with Crippen LogP contribution in [0.25, 0.3) is 0 Å². The second-order valence-electron chi connectivity index (χ2n) is 2.70. The molecule has 0 unspecified atom stereocenters. The first-order chi connectivity index (χ1) is 6.59. The summed E-state index contributed by atoms with van der Waals surface area (Å²) in [6.07, 6.45) is 0.0697. The summed E-state index contributed by atoms with van der Waals surface area (Å²) in [7, 11) is 0. The molecular weight excluding hydrogens is 225 g/mol. The van der Waals surface area contributed by atoms with Gasteiger partial charge in [-0.25, -0.2) is 0 Å². The van der Waals surface area contributed by atoms with E-state index < -0.39 is 5.97 Å². The van der Waals surface area contributed by atoms with Gasteiger partial charge >= 0.3 is 5.97 Å². The van der Waals surface area contributed by atoms with Crippen LogP contribution in [0, 0.1) is 0 Å². The third-order valence-electron chi connectivity index (χ3n) is 1.59. The Morgan fingerprint density at radius 3 is 2.64 bits per heavy atom. The number of halogens is 2. The number of benzene rings is 1. The van der Waals surface area contributed by atoms with E-state index in [0.717, 1.165) is 5.69 Å². The van der Waals surface area contributed by atoms with E-state index in [2.05, 4.69) is 5.32 Å². The Hall–Kier alpha value is -0.930. The zero-order valence-corrected chi connectivity index (χ0v) is 8.77. The maximum absolute atomic E-state index is 10.2. The number of carboxylic acid groups (broad SMARTS) is 1. The summed E-state index contributed by atoms with van der Waals surface area (Å²) in [6, 6.07) is 5.06. The van der Waals surface area contributed by atoms with Gasteiger partial charge in [0.15, 0.2) is 0 Å². The van der Waals surface area contributed by atoms with Gasteiger partial charge in [0.2, 0.25) is 0 Å². The van der Waals surface area contributed by atoms with Gasteiger partial charge in [-0.15, -0.1) is 0 Å². The van der Waals surface area contributed by atoms with Crippen LogP contribution in [0.4, 0.5) is 5.69 Å². The summed E-state index contributed by atoms with van der Waals surface area (Å²) in [5, 5.41) is 12.3. The SMILES string of the molecule is O=C(O)CCNc1ccc(Cl)c(Cl)c1. The van der Waals surface area contributed by atoms with Crippen molar-refractivity contribution in [3.8, 4) is 0 Å². The molecule has 0 spiro atoms. The van der Waals surface area contributed by atoms with E-state index in [4.69, 9.17) is 28.3 Å². The smallest absolute Gasteiger partial charge is 0.305 e. The molecule has 0 aliphatic rings. The molecule has 76 valence electrons. The molecule has 0 aromatic heterocycles. The van der Waals surface area contributed by atoms with Crippen LogP contribution in [0.2, 0.25) is 10.0 Å². The molecule has 0 aliphatic heterocycles. The third-order valence-corrected chi connectivity index (χ3v) is 2.33. The molecule has 0 bridgehead atoms. The van der Waals surface area contributed by atoms with Crippen LogP contribution >= 0.6 is 23.2 Å². The van der Waals surface area contributed by atoms with Gasteiger partial charge in [-0.1, -0.05) is 23.2 Å². The van der Waals surface area contributed by atoms with Gasteiger partial charge in [-0.05, 0) is 18.2 Å². The Morgan fingerprint density at radius 1 is 1.36 bits per heavy atom. The van der Waals surface area contributed by atoms with Crippen molar-refractivity contribution in [3.63, 3.8) is 0 Å². The van der Waals surface area contributed by atoms with Gasteiger partial charge in [-0.3, -0.25) is 4.79 Å². The van der Waals surface area contributed by atoms with E-state index in [1.54, 1.807) is 18.2 Å². The number of rotatable bonds is 4. The topological polar surface area (TPSA) is 49.3 Å². The van der Waals surface area contributed by atoms with E-state index >= 15 is 0 Å². The van der Waals surface area contributed by atoms with Crippen molar-refractivity contribution in [3.05, 3.63) is 28.2 Å². The Kier molecular flexibility index (Phi) is 4.04. The van der Waals surface area contributed by atoms with Gasteiger partial charge in [0.1, 0.15) is 0 Å². The molecular formula is C9H9Cl2NO2. The van der Waals surface area contributed by atoms with Gasteiger partial charge in [0.05, 0.1) is 16.5 Å². The average molecular weight is 234 g/mol. The number of carboxylic acids is 1. The molecule has 2 N–H and O–H groups in total. The maximum atomic E-state index is 10.2. The van der Waals surface area contributed by atoms with Crippen LogP contribution in [-0.4, -0.2) is 17.6 Å². The fourth-order valence-electron chi connectivity index (χ4n) is 0.920. The number of hydrogen-bond acceptors (Lipinski definition) is 2. The Balaban J connectivity index is 2.51. The maximum Gasteiger partial charge on any atom is 0.305 e. The minimum absolute atomic E-state index is 0.0697. The third kappa shape index (κ3) is 3.44. The van der Waals surface area contributed by atoms with Crippen LogP contribution in [0.15, 0.2) is 18.2 Å². The highest BCUT2D eigenvalue weighted by molar-refractivity contribution is 6.42. The molecule has 14 heavy (non-hydrogen) atoms. The number of nitrogens with one attached hydrogen (secondary N) is 1. The zero-order valence-electron chi connectivity index (χ0n) is 7.26. The number of aliphatic carboxylic acids is 1.